The predicted octanol–water partition coefficient (Wildman–Crippen LogP) is -0.0737. The van der Waals surface area contributed by atoms with Crippen LogP contribution in [0.1, 0.15) is 19.8 Å². The number of carbonyl (C=O) groups excluding carboxylic acids is 2. The van der Waals surface area contributed by atoms with Crippen LogP contribution in [0.15, 0.2) is 0 Å². The summed E-state index contributed by atoms with van der Waals surface area (Å²) in [6.07, 6.45) is 2.27. The zero-order valence-corrected chi connectivity index (χ0v) is 8.67. The highest BCUT2D eigenvalue weighted by Crippen LogP contribution is 2.11. The molecule has 0 spiro atoms. The van der Waals surface area contributed by atoms with Crippen molar-refractivity contribution in [3.8, 4) is 0 Å². The summed E-state index contributed by atoms with van der Waals surface area (Å²) in [5.74, 6) is -0.230. The summed E-state index contributed by atoms with van der Waals surface area (Å²) in [4.78, 5) is 24.4. The van der Waals surface area contributed by atoms with Crippen molar-refractivity contribution in [3.63, 3.8) is 0 Å². The van der Waals surface area contributed by atoms with Crippen LogP contribution in [-0.4, -0.2) is 43.0 Å². The molecule has 0 aromatic rings. The minimum atomic E-state index is -0.443. The van der Waals surface area contributed by atoms with Crippen molar-refractivity contribution in [2.75, 3.05) is 20.1 Å². The highest BCUT2D eigenvalue weighted by atomic mass is 16.2. The smallest absolute Gasteiger partial charge is 0.321 e. The molecule has 1 rings (SSSR count). The monoisotopic (exact) mass is 199 g/mol. The van der Waals surface area contributed by atoms with Gasteiger partial charge in [0, 0.05) is 7.05 Å². The van der Waals surface area contributed by atoms with Gasteiger partial charge in [0.25, 0.3) is 0 Å². The first-order valence-electron chi connectivity index (χ1n) is 4.91. The summed E-state index contributed by atoms with van der Waals surface area (Å²) in [6, 6.07) is -0.657. The van der Waals surface area contributed by atoms with Crippen LogP contribution in [0, 0.1) is 0 Å². The molecule has 1 aliphatic heterocycles. The van der Waals surface area contributed by atoms with E-state index in [4.69, 9.17) is 0 Å². The average Bonchev–Trinajstić information content (AvgIpc) is 2.69. The SMILES string of the molecule is CNC(=O)NC(=O)C(C)N1CCCC1. The number of likely N-dealkylation sites (tertiary alicyclic amines) is 1. The molecule has 0 aromatic heterocycles. The van der Waals surface area contributed by atoms with E-state index < -0.39 is 6.03 Å². The fraction of sp³-hybridized carbons (Fsp3) is 0.778. The number of hydrogen-bond acceptors (Lipinski definition) is 3. The predicted molar refractivity (Wildman–Crippen MR) is 52.9 cm³/mol. The lowest BCUT2D eigenvalue weighted by atomic mass is 10.3. The molecule has 0 aromatic carbocycles. The van der Waals surface area contributed by atoms with Crippen LogP contribution in [0.4, 0.5) is 4.79 Å². The summed E-state index contributed by atoms with van der Waals surface area (Å²) >= 11 is 0. The van der Waals surface area contributed by atoms with Crippen molar-refractivity contribution < 1.29 is 9.59 Å². The van der Waals surface area contributed by atoms with Crippen molar-refractivity contribution in [2.24, 2.45) is 0 Å². The molecule has 14 heavy (non-hydrogen) atoms. The molecule has 0 radical (unpaired) electrons. The Hall–Kier alpha value is -1.10. The van der Waals surface area contributed by atoms with Gasteiger partial charge in [-0.15, -0.1) is 0 Å². The Balaban J connectivity index is 2.39. The first-order valence-corrected chi connectivity index (χ1v) is 4.91. The van der Waals surface area contributed by atoms with Gasteiger partial charge in [0.05, 0.1) is 6.04 Å². The minimum absolute atomic E-state index is 0.213. The molecule has 0 aliphatic carbocycles. The molecule has 1 heterocycles. The first-order chi connectivity index (χ1) is 6.65. The van der Waals surface area contributed by atoms with Gasteiger partial charge in [-0.05, 0) is 32.9 Å². The normalized spacial score (nSPS) is 19.0. The van der Waals surface area contributed by atoms with Crippen molar-refractivity contribution in [3.05, 3.63) is 0 Å². The zero-order valence-electron chi connectivity index (χ0n) is 8.67. The highest BCUT2D eigenvalue weighted by Gasteiger charge is 2.24. The molecule has 5 nitrogen and oxygen atoms in total. The van der Waals surface area contributed by atoms with E-state index in [-0.39, 0.29) is 11.9 Å². The molecule has 1 atom stereocenters. The van der Waals surface area contributed by atoms with Crippen molar-refractivity contribution in [1.29, 1.82) is 0 Å². The number of urea groups is 1. The Kier molecular flexibility index (Phi) is 3.88. The molecule has 1 aliphatic rings. The molecular formula is C9H17N3O2. The Labute approximate surface area is 83.8 Å². The maximum Gasteiger partial charge on any atom is 0.321 e. The Morgan fingerprint density at radius 2 is 1.86 bits per heavy atom. The summed E-state index contributed by atoms with van der Waals surface area (Å²) in [6.45, 7) is 3.72. The highest BCUT2D eigenvalue weighted by molar-refractivity contribution is 5.96. The van der Waals surface area contributed by atoms with Gasteiger partial charge < -0.3 is 5.32 Å². The second kappa shape index (κ2) is 4.95. The lowest BCUT2D eigenvalue weighted by Crippen LogP contribution is -2.48. The number of hydrogen-bond donors (Lipinski definition) is 2. The van der Waals surface area contributed by atoms with Crippen LogP contribution in [0.5, 0.6) is 0 Å². The molecule has 0 saturated carbocycles. The van der Waals surface area contributed by atoms with E-state index in [1.807, 2.05) is 6.92 Å². The third-order valence-corrected chi connectivity index (χ3v) is 2.53. The van der Waals surface area contributed by atoms with Crippen LogP contribution in [0.2, 0.25) is 0 Å². The third kappa shape index (κ3) is 2.70. The van der Waals surface area contributed by atoms with E-state index in [1.54, 1.807) is 0 Å². The summed E-state index contributed by atoms with van der Waals surface area (Å²) in [7, 11) is 1.49. The lowest BCUT2D eigenvalue weighted by Gasteiger charge is -2.21. The van der Waals surface area contributed by atoms with Gasteiger partial charge in [0.1, 0.15) is 0 Å². The van der Waals surface area contributed by atoms with Crippen molar-refractivity contribution >= 4 is 11.9 Å². The molecule has 3 amide bonds. The molecule has 0 bridgehead atoms. The van der Waals surface area contributed by atoms with Crippen LogP contribution in [0.3, 0.4) is 0 Å². The number of rotatable bonds is 2. The minimum Gasteiger partial charge on any atom is -0.341 e. The number of imide groups is 1. The van der Waals surface area contributed by atoms with Crippen LogP contribution < -0.4 is 10.6 Å². The molecule has 1 unspecified atom stereocenters. The maximum absolute atomic E-state index is 11.5. The quantitative estimate of drug-likeness (QED) is 0.654. The van der Waals surface area contributed by atoms with Gasteiger partial charge in [0.2, 0.25) is 5.91 Å². The van der Waals surface area contributed by atoms with Gasteiger partial charge in [-0.25, -0.2) is 4.79 Å². The second-order valence-corrected chi connectivity index (χ2v) is 3.49. The Morgan fingerprint density at radius 3 is 2.36 bits per heavy atom. The largest absolute Gasteiger partial charge is 0.341 e. The van der Waals surface area contributed by atoms with Gasteiger partial charge in [-0.3, -0.25) is 15.0 Å². The van der Waals surface area contributed by atoms with Crippen LogP contribution in [-0.2, 0) is 4.79 Å². The van der Waals surface area contributed by atoms with E-state index in [9.17, 15) is 9.59 Å². The lowest BCUT2D eigenvalue weighted by molar-refractivity contribution is -0.124. The fourth-order valence-corrected chi connectivity index (χ4v) is 1.57. The van der Waals surface area contributed by atoms with E-state index >= 15 is 0 Å². The van der Waals surface area contributed by atoms with Gasteiger partial charge in [-0.2, -0.15) is 0 Å². The van der Waals surface area contributed by atoms with E-state index in [0.29, 0.717) is 0 Å². The molecule has 1 fully saturated rings. The van der Waals surface area contributed by atoms with Gasteiger partial charge in [0.15, 0.2) is 0 Å². The van der Waals surface area contributed by atoms with Crippen molar-refractivity contribution in [1.82, 2.24) is 15.5 Å². The fourth-order valence-electron chi connectivity index (χ4n) is 1.57. The first kappa shape index (κ1) is 11.0. The Bertz CT molecular complexity index is 224. The van der Waals surface area contributed by atoms with Gasteiger partial charge in [-0.1, -0.05) is 0 Å². The molecule has 5 heteroatoms. The maximum atomic E-state index is 11.5. The third-order valence-electron chi connectivity index (χ3n) is 2.53. The average molecular weight is 199 g/mol. The number of amides is 3. The summed E-state index contributed by atoms with van der Waals surface area (Å²) in [5.41, 5.74) is 0. The number of nitrogens with one attached hydrogen (secondary N) is 2. The van der Waals surface area contributed by atoms with E-state index in [2.05, 4.69) is 15.5 Å². The van der Waals surface area contributed by atoms with E-state index in [0.717, 1.165) is 25.9 Å². The molecule has 80 valence electrons. The van der Waals surface area contributed by atoms with Crippen LogP contribution >= 0.6 is 0 Å². The van der Waals surface area contributed by atoms with Crippen molar-refractivity contribution in [2.45, 2.75) is 25.8 Å². The van der Waals surface area contributed by atoms with Crippen LogP contribution in [0.25, 0.3) is 0 Å². The molecular weight excluding hydrogens is 182 g/mol. The summed E-state index contributed by atoms with van der Waals surface area (Å²) < 4.78 is 0. The topological polar surface area (TPSA) is 61.4 Å². The van der Waals surface area contributed by atoms with Gasteiger partial charge >= 0.3 is 6.03 Å². The van der Waals surface area contributed by atoms with E-state index in [1.165, 1.54) is 7.05 Å². The second-order valence-electron chi connectivity index (χ2n) is 3.49. The standard InChI is InChI=1S/C9H17N3O2/c1-7(12-5-3-4-6-12)8(13)11-9(14)10-2/h7H,3-6H2,1-2H3,(H2,10,11,13,14). The molecule has 2 N–H and O–H groups in total. The molecule has 1 saturated heterocycles. The number of nitrogens with zero attached hydrogens (tertiary/aromatic N) is 1. The Morgan fingerprint density at radius 1 is 1.29 bits per heavy atom. The zero-order chi connectivity index (χ0) is 10.6. The summed E-state index contributed by atoms with van der Waals surface area (Å²) in [5, 5.41) is 4.63. The number of carbonyl (C=O) groups is 2.